The average Bonchev–Trinajstić information content (AvgIpc) is 3.37. The van der Waals surface area contributed by atoms with E-state index in [1.165, 1.54) is 0 Å². The second kappa shape index (κ2) is 8.33. The number of nitrogens with zero attached hydrogens (tertiary/aromatic N) is 2. The van der Waals surface area contributed by atoms with Crippen LogP contribution >= 0.6 is 0 Å². The van der Waals surface area contributed by atoms with Crippen LogP contribution in [0.15, 0.2) is 71.8 Å². The number of aromatic nitrogens is 2. The summed E-state index contributed by atoms with van der Waals surface area (Å²) in [4.78, 5) is 30.3. The van der Waals surface area contributed by atoms with Gasteiger partial charge in [-0.3, -0.25) is 19.9 Å². The molecule has 2 aliphatic heterocycles. The van der Waals surface area contributed by atoms with Crippen molar-refractivity contribution in [3.8, 4) is 11.1 Å². The Labute approximate surface area is 186 Å². The maximum absolute atomic E-state index is 13.2. The van der Waals surface area contributed by atoms with Gasteiger partial charge in [0.05, 0.1) is 18.1 Å². The summed E-state index contributed by atoms with van der Waals surface area (Å²) in [7, 11) is 0. The molecule has 3 aromatic rings. The van der Waals surface area contributed by atoms with E-state index in [2.05, 4.69) is 15.6 Å². The second-order valence-electron chi connectivity index (χ2n) is 8.60. The Bertz CT molecular complexity index is 1180. The lowest BCUT2D eigenvalue weighted by atomic mass is 9.88. The molecule has 1 aromatic carbocycles. The largest absolute Gasteiger partial charge is 0.396 e. The van der Waals surface area contributed by atoms with Gasteiger partial charge in [0.1, 0.15) is 0 Å². The summed E-state index contributed by atoms with van der Waals surface area (Å²) in [5, 5.41) is 16.6. The molecule has 2 aliphatic rings. The van der Waals surface area contributed by atoms with Gasteiger partial charge in [-0.15, -0.1) is 0 Å². The molecule has 7 nitrogen and oxygen atoms in total. The summed E-state index contributed by atoms with van der Waals surface area (Å²) in [5.41, 5.74) is 3.29. The maximum Gasteiger partial charge on any atom is 0.258 e. The molecule has 0 saturated carbocycles. The Morgan fingerprint density at radius 3 is 2.66 bits per heavy atom. The highest BCUT2D eigenvalue weighted by molar-refractivity contribution is 5.83. The van der Waals surface area contributed by atoms with Gasteiger partial charge in [0.15, 0.2) is 0 Å². The second-order valence-corrected chi connectivity index (χ2v) is 8.60. The number of aliphatic hydroxyl groups excluding tert-OH is 1. The molecule has 5 atom stereocenters. The number of amides is 1. The van der Waals surface area contributed by atoms with Crippen LogP contribution in [0.25, 0.3) is 11.1 Å². The summed E-state index contributed by atoms with van der Waals surface area (Å²) in [6.07, 6.45) is 3.34. The third kappa shape index (κ3) is 3.43. The molecule has 32 heavy (non-hydrogen) atoms. The van der Waals surface area contributed by atoms with Crippen LogP contribution in [0.4, 0.5) is 0 Å². The van der Waals surface area contributed by atoms with Gasteiger partial charge in [-0.25, -0.2) is 0 Å². The Hall–Kier alpha value is -3.29. The summed E-state index contributed by atoms with van der Waals surface area (Å²) >= 11 is 0. The van der Waals surface area contributed by atoms with Crippen LogP contribution < -0.4 is 16.2 Å². The van der Waals surface area contributed by atoms with Crippen LogP contribution in [-0.4, -0.2) is 33.2 Å². The fourth-order valence-corrected chi connectivity index (χ4v) is 5.13. The van der Waals surface area contributed by atoms with Gasteiger partial charge in [0.2, 0.25) is 5.91 Å². The van der Waals surface area contributed by atoms with Crippen LogP contribution in [0, 0.1) is 11.8 Å². The summed E-state index contributed by atoms with van der Waals surface area (Å²) in [5.74, 6) is -0.424. The van der Waals surface area contributed by atoms with Gasteiger partial charge in [-0.05, 0) is 42.3 Å². The number of carbonyl (C=O) groups is 1. The number of hydrogen-bond donors (Lipinski definition) is 3. The first-order chi connectivity index (χ1) is 15.6. The first kappa shape index (κ1) is 20.6. The zero-order valence-corrected chi connectivity index (χ0v) is 17.8. The molecular formula is C25H26N4O3. The molecule has 0 radical (unpaired) electrons. The van der Waals surface area contributed by atoms with E-state index in [4.69, 9.17) is 0 Å². The van der Waals surface area contributed by atoms with Gasteiger partial charge < -0.3 is 15.0 Å². The van der Waals surface area contributed by atoms with E-state index < -0.39 is 6.04 Å². The highest BCUT2D eigenvalue weighted by Crippen LogP contribution is 2.43. The number of carbonyl (C=O) groups excluding carboxylic acids is 1. The maximum atomic E-state index is 13.2. The lowest BCUT2D eigenvalue weighted by Gasteiger charge is -2.23. The molecule has 3 N–H and O–H groups in total. The van der Waals surface area contributed by atoms with Crippen molar-refractivity contribution in [2.45, 2.75) is 31.6 Å². The average molecular weight is 431 g/mol. The fourth-order valence-electron chi connectivity index (χ4n) is 5.13. The summed E-state index contributed by atoms with van der Waals surface area (Å²) in [6.45, 7) is 2.31. The van der Waals surface area contributed by atoms with Crippen molar-refractivity contribution in [3.05, 3.63) is 88.6 Å². The minimum atomic E-state index is -0.509. The molecule has 164 valence electrons. The monoisotopic (exact) mass is 430 g/mol. The van der Waals surface area contributed by atoms with Crippen molar-refractivity contribution in [2.75, 3.05) is 6.61 Å². The quantitative estimate of drug-likeness (QED) is 0.576. The number of hydrogen-bond acceptors (Lipinski definition) is 5. The first-order valence-electron chi connectivity index (χ1n) is 10.9. The smallest absolute Gasteiger partial charge is 0.258 e. The number of benzene rings is 1. The van der Waals surface area contributed by atoms with Crippen molar-refractivity contribution in [1.29, 1.82) is 0 Å². The molecule has 0 spiro atoms. The number of pyridine rings is 2. The molecule has 0 bridgehead atoms. The lowest BCUT2D eigenvalue weighted by Crippen LogP contribution is -2.46. The van der Waals surface area contributed by atoms with E-state index in [9.17, 15) is 14.7 Å². The lowest BCUT2D eigenvalue weighted by molar-refractivity contribution is -0.125. The van der Waals surface area contributed by atoms with Crippen LogP contribution in [-0.2, 0) is 11.3 Å². The minimum Gasteiger partial charge on any atom is -0.396 e. The van der Waals surface area contributed by atoms with Crippen LogP contribution in [0.1, 0.15) is 30.3 Å². The molecule has 2 aromatic heterocycles. The highest BCUT2D eigenvalue weighted by Gasteiger charge is 2.50. The predicted molar refractivity (Wildman–Crippen MR) is 121 cm³/mol. The molecule has 0 aliphatic carbocycles. The molecule has 1 fully saturated rings. The van der Waals surface area contributed by atoms with Gasteiger partial charge in [-0.1, -0.05) is 30.3 Å². The Morgan fingerprint density at radius 2 is 1.94 bits per heavy atom. The van der Waals surface area contributed by atoms with Crippen LogP contribution in [0.3, 0.4) is 0 Å². The van der Waals surface area contributed by atoms with E-state index in [0.717, 1.165) is 16.8 Å². The normalized spacial score (nSPS) is 24.6. The predicted octanol–water partition coefficient (Wildman–Crippen LogP) is 2.04. The molecule has 7 heteroatoms. The van der Waals surface area contributed by atoms with Crippen LogP contribution in [0.2, 0.25) is 0 Å². The van der Waals surface area contributed by atoms with E-state index in [-0.39, 0.29) is 42.0 Å². The molecule has 4 heterocycles. The van der Waals surface area contributed by atoms with Gasteiger partial charge >= 0.3 is 0 Å². The Morgan fingerprint density at radius 1 is 1.19 bits per heavy atom. The first-order valence-corrected chi connectivity index (χ1v) is 10.9. The van der Waals surface area contributed by atoms with Crippen molar-refractivity contribution >= 4 is 5.91 Å². The minimum absolute atomic E-state index is 0.0248. The molecule has 5 rings (SSSR count). The molecule has 1 amide bonds. The third-order valence-electron chi connectivity index (χ3n) is 6.83. The van der Waals surface area contributed by atoms with Crippen LogP contribution in [0.5, 0.6) is 0 Å². The fraction of sp³-hybridized carbons (Fsp3) is 0.320. The van der Waals surface area contributed by atoms with E-state index >= 15 is 0 Å². The van der Waals surface area contributed by atoms with Crippen molar-refractivity contribution in [3.63, 3.8) is 0 Å². The SMILES string of the molecule is C[C@H](NC(=O)[C@H]1N[C@H]2c3ccc(-c4ccncc4)c(=O)n3C[C@H]2[C@@H]1CO)c1ccccc1. The summed E-state index contributed by atoms with van der Waals surface area (Å²) < 4.78 is 1.78. The van der Waals surface area contributed by atoms with E-state index in [1.54, 1.807) is 17.0 Å². The standard InChI is InChI=1S/C25H26N4O3/c1-15(16-5-3-2-4-6-16)27-24(31)23-20(14-30)19-13-29-21(22(19)28-23)8-7-18(25(29)32)17-9-11-26-12-10-17/h2-12,15,19-20,22-23,28,30H,13-14H2,1H3,(H,27,31)/t15-,19-,20-,22+,23-/m0/s1. The van der Waals surface area contributed by atoms with Gasteiger partial charge in [0.25, 0.3) is 5.56 Å². The molecular weight excluding hydrogens is 404 g/mol. The van der Waals surface area contributed by atoms with Crippen molar-refractivity contribution in [1.82, 2.24) is 20.2 Å². The number of nitrogens with one attached hydrogen (secondary N) is 2. The summed E-state index contributed by atoms with van der Waals surface area (Å²) in [6, 6.07) is 16.4. The van der Waals surface area contributed by atoms with Gasteiger partial charge in [0, 0.05) is 48.6 Å². The Balaban J connectivity index is 1.38. The van der Waals surface area contributed by atoms with Gasteiger partial charge in [-0.2, -0.15) is 0 Å². The zero-order chi connectivity index (χ0) is 22.2. The topological polar surface area (TPSA) is 96.3 Å². The zero-order valence-electron chi connectivity index (χ0n) is 17.8. The highest BCUT2D eigenvalue weighted by atomic mass is 16.3. The Kier molecular flexibility index (Phi) is 5.36. The molecule has 0 unspecified atom stereocenters. The van der Waals surface area contributed by atoms with Crippen molar-refractivity contribution in [2.24, 2.45) is 11.8 Å². The van der Waals surface area contributed by atoms with E-state index in [0.29, 0.717) is 12.1 Å². The van der Waals surface area contributed by atoms with Crippen molar-refractivity contribution < 1.29 is 9.90 Å². The molecule has 1 saturated heterocycles. The third-order valence-corrected chi connectivity index (χ3v) is 6.83. The number of rotatable bonds is 5. The number of fused-ring (bicyclic) bond motifs is 3. The number of aliphatic hydroxyl groups is 1. The van der Waals surface area contributed by atoms with E-state index in [1.807, 2.05) is 61.5 Å².